The zero-order valence-corrected chi connectivity index (χ0v) is 13.9. The molecule has 2 rings (SSSR count). The third-order valence-corrected chi connectivity index (χ3v) is 3.42. The predicted octanol–water partition coefficient (Wildman–Crippen LogP) is 3.05. The Labute approximate surface area is 148 Å². The average Bonchev–Trinajstić information content (AvgIpc) is 2.59. The van der Waals surface area contributed by atoms with E-state index in [1.807, 2.05) is 0 Å². The molecule has 2 N–H and O–H groups in total. The van der Waals surface area contributed by atoms with Crippen molar-refractivity contribution in [3.63, 3.8) is 0 Å². The first-order valence-corrected chi connectivity index (χ1v) is 7.64. The maximum Gasteiger partial charge on any atom is 0.471 e. The van der Waals surface area contributed by atoms with Crippen LogP contribution in [-0.4, -0.2) is 25.1 Å². The van der Waals surface area contributed by atoms with Crippen LogP contribution in [0.4, 0.5) is 18.9 Å². The topological polar surface area (TPSA) is 67.4 Å². The maximum absolute atomic E-state index is 12.2. The molecule has 26 heavy (non-hydrogen) atoms. The number of benzene rings is 2. The van der Waals surface area contributed by atoms with E-state index in [1.165, 1.54) is 13.2 Å². The Morgan fingerprint density at radius 3 is 2.42 bits per heavy atom. The number of alkyl halides is 3. The van der Waals surface area contributed by atoms with Gasteiger partial charge in [0.05, 0.1) is 13.5 Å². The van der Waals surface area contributed by atoms with E-state index in [0.29, 0.717) is 17.0 Å². The highest BCUT2D eigenvalue weighted by molar-refractivity contribution is 5.92. The highest BCUT2D eigenvalue weighted by Gasteiger charge is 2.38. The lowest BCUT2D eigenvalue weighted by Gasteiger charge is -2.10. The summed E-state index contributed by atoms with van der Waals surface area (Å²) >= 11 is 0. The molecule has 0 bridgehead atoms. The van der Waals surface area contributed by atoms with Gasteiger partial charge in [-0.3, -0.25) is 9.59 Å². The molecule has 138 valence electrons. The average molecular weight is 366 g/mol. The van der Waals surface area contributed by atoms with E-state index in [1.54, 1.807) is 47.8 Å². The summed E-state index contributed by atoms with van der Waals surface area (Å²) in [5, 5.41) is 4.45. The molecule has 0 atom stereocenters. The summed E-state index contributed by atoms with van der Waals surface area (Å²) in [6.07, 6.45) is -4.81. The second-order valence-corrected chi connectivity index (χ2v) is 5.46. The van der Waals surface area contributed by atoms with Crippen molar-refractivity contribution in [1.29, 1.82) is 0 Å². The molecule has 0 unspecified atom stereocenters. The highest BCUT2D eigenvalue weighted by Crippen LogP contribution is 2.16. The summed E-state index contributed by atoms with van der Waals surface area (Å²) in [6.45, 7) is -0.294. The molecule has 2 aromatic carbocycles. The van der Waals surface area contributed by atoms with Crippen molar-refractivity contribution in [1.82, 2.24) is 5.32 Å². The van der Waals surface area contributed by atoms with Gasteiger partial charge < -0.3 is 15.4 Å². The number of carbonyl (C=O) groups excluding carboxylic acids is 2. The summed E-state index contributed by atoms with van der Waals surface area (Å²) in [5.74, 6) is -1.66. The Hall–Kier alpha value is -3.03. The first-order valence-electron chi connectivity index (χ1n) is 7.64. The molecule has 8 heteroatoms. The van der Waals surface area contributed by atoms with E-state index in [9.17, 15) is 22.8 Å². The van der Waals surface area contributed by atoms with Gasteiger partial charge in [-0.15, -0.1) is 0 Å². The van der Waals surface area contributed by atoms with E-state index in [2.05, 4.69) is 5.32 Å². The number of rotatable bonds is 6. The van der Waals surface area contributed by atoms with E-state index in [4.69, 9.17) is 4.74 Å². The summed E-state index contributed by atoms with van der Waals surface area (Å²) in [5.41, 5.74) is 1.62. The fraction of sp³-hybridized carbons (Fsp3) is 0.222. The zero-order valence-electron chi connectivity index (χ0n) is 13.9. The SMILES string of the molecule is COc1cccc(CC(=O)Nc2cccc(CNC(=O)C(F)(F)F)c2)c1. The largest absolute Gasteiger partial charge is 0.497 e. The molecular weight excluding hydrogens is 349 g/mol. The second kappa shape index (κ2) is 8.37. The molecule has 0 aromatic heterocycles. The Bertz CT molecular complexity index is 791. The minimum absolute atomic E-state index is 0.117. The van der Waals surface area contributed by atoms with Crippen LogP contribution in [0.25, 0.3) is 0 Å². The van der Waals surface area contributed by atoms with Crippen molar-refractivity contribution < 1.29 is 27.5 Å². The first kappa shape index (κ1) is 19.3. The number of amides is 2. The highest BCUT2D eigenvalue weighted by atomic mass is 19.4. The lowest BCUT2D eigenvalue weighted by atomic mass is 10.1. The van der Waals surface area contributed by atoms with E-state index >= 15 is 0 Å². The van der Waals surface area contributed by atoms with Gasteiger partial charge in [0.25, 0.3) is 0 Å². The number of hydrogen-bond acceptors (Lipinski definition) is 3. The number of ether oxygens (including phenoxy) is 1. The van der Waals surface area contributed by atoms with Crippen molar-refractivity contribution in [2.24, 2.45) is 0 Å². The van der Waals surface area contributed by atoms with E-state index < -0.39 is 12.1 Å². The summed E-state index contributed by atoms with van der Waals surface area (Å²) < 4.78 is 41.7. The number of methoxy groups -OCH3 is 1. The third kappa shape index (κ3) is 5.80. The molecule has 0 saturated heterocycles. The predicted molar refractivity (Wildman–Crippen MR) is 89.7 cm³/mol. The van der Waals surface area contributed by atoms with Crippen LogP contribution in [0.1, 0.15) is 11.1 Å². The summed E-state index contributed by atoms with van der Waals surface area (Å²) in [6, 6.07) is 13.3. The zero-order chi connectivity index (χ0) is 19.2. The lowest BCUT2D eigenvalue weighted by molar-refractivity contribution is -0.173. The minimum atomic E-state index is -4.93. The maximum atomic E-state index is 12.2. The fourth-order valence-electron chi connectivity index (χ4n) is 2.21. The number of hydrogen-bond donors (Lipinski definition) is 2. The van der Waals surface area contributed by atoms with Crippen LogP contribution < -0.4 is 15.4 Å². The number of carbonyl (C=O) groups is 2. The van der Waals surface area contributed by atoms with Crippen LogP contribution >= 0.6 is 0 Å². The Kier molecular flexibility index (Phi) is 6.21. The number of halogens is 3. The molecule has 2 aromatic rings. The van der Waals surface area contributed by atoms with Gasteiger partial charge in [-0.2, -0.15) is 13.2 Å². The first-order chi connectivity index (χ1) is 12.3. The molecule has 0 aliphatic carbocycles. The smallest absolute Gasteiger partial charge is 0.471 e. The molecular formula is C18H17F3N2O3. The molecule has 0 fully saturated rings. The Morgan fingerprint density at radius 2 is 1.73 bits per heavy atom. The van der Waals surface area contributed by atoms with Crippen LogP contribution in [0, 0.1) is 0 Å². The van der Waals surface area contributed by atoms with Crippen molar-refractivity contribution >= 4 is 17.5 Å². The van der Waals surface area contributed by atoms with Gasteiger partial charge in [0, 0.05) is 12.2 Å². The number of nitrogens with one attached hydrogen (secondary N) is 2. The monoisotopic (exact) mass is 366 g/mol. The molecule has 0 spiro atoms. The van der Waals surface area contributed by atoms with Gasteiger partial charge in [0.2, 0.25) is 5.91 Å². The summed E-state index contributed by atoms with van der Waals surface area (Å²) in [7, 11) is 1.53. The quantitative estimate of drug-likeness (QED) is 0.826. The molecule has 0 heterocycles. The molecule has 0 radical (unpaired) electrons. The molecule has 0 aliphatic heterocycles. The standard InChI is InChI=1S/C18H17F3N2O3/c1-26-15-7-3-4-12(9-15)10-16(24)23-14-6-2-5-13(8-14)11-22-17(25)18(19,20)21/h2-9H,10-11H2,1H3,(H,22,25)(H,23,24). The van der Waals surface area contributed by atoms with Gasteiger partial charge in [-0.1, -0.05) is 24.3 Å². The van der Waals surface area contributed by atoms with Crippen molar-refractivity contribution in [3.05, 3.63) is 59.7 Å². The fourth-order valence-corrected chi connectivity index (χ4v) is 2.21. The number of anilines is 1. The molecule has 0 aliphatic rings. The van der Waals surface area contributed by atoms with Crippen molar-refractivity contribution in [2.45, 2.75) is 19.1 Å². The second-order valence-electron chi connectivity index (χ2n) is 5.46. The van der Waals surface area contributed by atoms with Crippen LogP contribution in [0.3, 0.4) is 0 Å². The molecule has 0 saturated carbocycles. The van der Waals surface area contributed by atoms with Crippen LogP contribution in [0.2, 0.25) is 0 Å². The molecule has 2 amide bonds. The molecule has 5 nitrogen and oxygen atoms in total. The summed E-state index contributed by atoms with van der Waals surface area (Å²) in [4.78, 5) is 23.0. The van der Waals surface area contributed by atoms with Crippen molar-refractivity contribution in [2.75, 3.05) is 12.4 Å². The Morgan fingerprint density at radius 1 is 1.04 bits per heavy atom. The van der Waals surface area contributed by atoms with Crippen LogP contribution in [0.5, 0.6) is 5.75 Å². The van der Waals surface area contributed by atoms with Crippen molar-refractivity contribution in [3.8, 4) is 5.75 Å². The van der Waals surface area contributed by atoms with E-state index in [-0.39, 0.29) is 18.9 Å². The van der Waals surface area contributed by atoms with Gasteiger partial charge >= 0.3 is 12.1 Å². The lowest BCUT2D eigenvalue weighted by Crippen LogP contribution is -2.36. The van der Waals surface area contributed by atoms with Crippen LogP contribution in [-0.2, 0) is 22.6 Å². The Balaban J connectivity index is 1.95. The normalized spacial score (nSPS) is 10.9. The van der Waals surface area contributed by atoms with Crippen LogP contribution in [0.15, 0.2) is 48.5 Å². The van der Waals surface area contributed by atoms with Gasteiger partial charge in [-0.25, -0.2) is 0 Å². The van der Waals surface area contributed by atoms with E-state index in [0.717, 1.165) is 5.56 Å². The van der Waals surface area contributed by atoms with Gasteiger partial charge in [0.1, 0.15) is 5.75 Å². The third-order valence-electron chi connectivity index (χ3n) is 3.42. The minimum Gasteiger partial charge on any atom is -0.497 e. The van der Waals surface area contributed by atoms with Gasteiger partial charge in [-0.05, 0) is 35.4 Å². The van der Waals surface area contributed by atoms with Gasteiger partial charge in [0.15, 0.2) is 0 Å².